The maximum atomic E-state index is 13.4. The number of rotatable bonds is 47. The SMILES string of the molecule is CC(=O)CCC(=O)CCC(=O)CCC(=O)CCC(=O)CCC(=O)CCC(=O)CCC(=O)CCC(=O)CCC(=O)CC(=O)NCCCC[C@H](N)C(=O)N[C@H](C(=O)N[C@@H](C)C(=O)Nc1cc(C[C@@H](CCC(=O)OC(C)(C)C)NC(=O)OC(C)(C)C)ccc1O)C(C)C. The lowest BCUT2D eigenvalue weighted by Crippen LogP contribution is -2.56. The number of phenols is 1. The molecule has 0 aliphatic carbocycles. The molecule has 0 bridgehead atoms. The molecule has 90 heavy (non-hydrogen) atoms. The standard InChI is InChI=1S/C65H98N6O19/c1-40(2)59(62(87)68-42(4)60(85)70-55-38-43(15-34-56(55)82)37-44(69-63(88)90-65(8,9)10)16-35-58(84)89-64(5,6)7)71-61(86)54(66)13-11-12-36-67-57(83)39-53(81)33-32-52(80)31-30-51(79)29-28-50(78)27-26-49(77)25-24-48(76)23-22-47(75)21-20-46(74)19-18-45(73)17-14-41(3)72/h15,34,38,40,42,44,54,59,82H,11-14,16-33,35-37,39,66H2,1-10H3,(H,67,83)(H,68,87)(H,69,88)(H,70,85)(H,71,86)/t42-,44+,54-,59-/m0/s1. The van der Waals surface area contributed by atoms with E-state index in [4.69, 9.17) is 15.2 Å². The van der Waals surface area contributed by atoms with Gasteiger partial charge in [-0.15, -0.1) is 0 Å². The van der Waals surface area contributed by atoms with E-state index in [0.717, 1.165) is 0 Å². The Labute approximate surface area is 528 Å². The summed E-state index contributed by atoms with van der Waals surface area (Å²) < 4.78 is 10.8. The van der Waals surface area contributed by atoms with Gasteiger partial charge in [0.2, 0.25) is 23.6 Å². The van der Waals surface area contributed by atoms with Crippen molar-refractivity contribution in [2.75, 3.05) is 11.9 Å². The monoisotopic (exact) mass is 1270 g/mol. The number of Topliss-reactive ketones (excluding diaryl/α,β-unsaturated/α-hetero) is 10. The van der Waals surface area contributed by atoms with Gasteiger partial charge in [0.15, 0.2) is 0 Å². The number of esters is 1. The first-order chi connectivity index (χ1) is 41.9. The van der Waals surface area contributed by atoms with E-state index in [1.54, 1.807) is 61.5 Å². The van der Waals surface area contributed by atoms with E-state index in [1.165, 1.54) is 26.0 Å². The van der Waals surface area contributed by atoms with Crippen LogP contribution in [0.1, 0.15) is 229 Å². The number of hydrogen-bond acceptors (Lipinski definition) is 20. The van der Waals surface area contributed by atoms with E-state index in [-0.39, 0.29) is 211 Å². The van der Waals surface area contributed by atoms with E-state index < -0.39 is 89.2 Å². The van der Waals surface area contributed by atoms with Crippen LogP contribution in [-0.4, -0.2) is 141 Å². The van der Waals surface area contributed by atoms with Crippen LogP contribution in [0.25, 0.3) is 0 Å². The van der Waals surface area contributed by atoms with Gasteiger partial charge in [-0.1, -0.05) is 19.9 Å². The lowest BCUT2D eigenvalue weighted by atomic mass is 9.99. The summed E-state index contributed by atoms with van der Waals surface area (Å²) in [6.07, 6.45) is -1.51. The second-order valence-corrected chi connectivity index (χ2v) is 25.2. The number of carbonyl (C=O) groups is 16. The van der Waals surface area contributed by atoms with Gasteiger partial charge in [-0.25, -0.2) is 4.79 Å². The molecule has 0 radical (unpaired) electrons. The number of nitrogens with two attached hydrogens (primary N) is 1. The van der Waals surface area contributed by atoms with Gasteiger partial charge in [0.1, 0.15) is 86.9 Å². The Morgan fingerprint density at radius 1 is 0.500 bits per heavy atom. The third-order valence-corrected chi connectivity index (χ3v) is 13.8. The molecular formula is C65H98N6O19. The minimum atomic E-state index is -1.15. The predicted molar refractivity (Wildman–Crippen MR) is 331 cm³/mol. The van der Waals surface area contributed by atoms with Gasteiger partial charge in [0.05, 0.1) is 18.2 Å². The predicted octanol–water partition coefficient (Wildman–Crippen LogP) is 6.27. The number of phenolic OH excluding ortho intramolecular Hbond substituents is 1. The summed E-state index contributed by atoms with van der Waals surface area (Å²) in [6.45, 7) is 16.7. The number of ether oxygens (including phenoxy) is 2. The third kappa shape index (κ3) is 39.3. The number of aromatic hydroxyl groups is 1. The Kier molecular flexibility index (Phi) is 37.1. The number of benzene rings is 1. The number of anilines is 1. The smallest absolute Gasteiger partial charge is 0.407 e. The molecule has 4 atom stereocenters. The third-order valence-electron chi connectivity index (χ3n) is 13.8. The first-order valence-corrected chi connectivity index (χ1v) is 31.0. The van der Waals surface area contributed by atoms with Gasteiger partial charge in [-0.2, -0.15) is 0 Å². The largest absolute Gasteiger partial charge is 0.506 e. The summed E-state index contributed by atoms with van der Waals surface area (Å²) in [6, 6.07) is 0.530. The molecule has 1 rings (SSSR count). The molecule has 0 aliphatic rings. The van der Waals surface area contributed by atoms with Crippen LogP contribution in [0.3, 0.4) is 0 Å². The van der Waals surface area contributed by atoms with Crippen molar-refractivity contribution in [1.82, 2.24) is 21.3 Å². The first-order valence-electron chi connectivity index (χ1n) is 31.0. The molecule has 25 heteroatoms. The summed E-state index contributed by atoms with van der Waals surface area (Å²) in [4.78, 5) is 199. The van der Waals surface area contributed by atoms with Crippen LogP contribution in [0, 0.1) is 5.92 Å². The average molecular weight is 1270 g/mol. The summed E-state index contributed by atoms with van der Waals surface area (Å²) >= 11 is 0. The summed E-state index contributed by atoms with van der Waals surface area (Å²) in [5.41, 5.74) is 5.24. The second kappa shape index (κ2) is 41.6. The molecule has 0 saturated heterocycles. The zero-order valence-corrected chi connectivity index (χ0v) is 54.4. The molecule has 502 valence electrons. The van der Waals surface area contributed by atoms with Gasteiger partial charge in [-0.3, -0.25) is 67.1 Å². The zero-order valence-electron chi connectivity index (χ0n) is 54.4. The highest BCUT2D eigenvalue weighted by atomic mass is 16.6. The van der Waals surface area contributed by atoms with Gasteiger partial charge in [0.25, 0.3) is 0 Å². The fourth-order valence-corrected chi connectivity index (χ4v) is 8.61. The maximum Gasteiger partial charge on any atom is 0.407 e. The summed E-state index contributed by atoms with van der Waals surface area (Å²) in [5.74, 6) is -6.86. The van der Waals surface area contributed by atoms with Gasteiger partial charge in [0, 0.05) is 135 Å². The number of hydrogen-bond donors (Lipinski definition) is 7. The average Bonchev–Trinajstić information content (AvgIpc) is 1.53. The van der Waals surface area contributed by atoms with Crippen molar-refractivity contribution >= 4 is 99.2 Å². The van der Waals surface area contributed by atoms with Crippen molar-refractivity contribution in [1.29, 1.82) is 0 Å². The van der Waals surface area contributed by atoms with Crippen LogP contribution in [-0.2, 0) is 87.8 Å². The number of carbonyl (C=O) groups excluding carboxylic acids is 16. The number of alkyl carbamates (subject to hydrolysis) is 1. The Morgan fingerprint density at radius 3 is 1.33 bits per heavy atom. The molecule has 0 heterocycles. The van der Waals surface area contributed by atoms with Crippen molar-refractivity contribution < 1.29 is 91.3 Å². The molecule has 0 fully saturated rings. The lowest BCUT2D eigenvalue weighted by Gasteiger charge is -2.25. The molecule has 8 N–H and O–H groups in total. The molecule has 0 aliphatic heterocycles. The van der Waals surface area contributed by atoms with Crippen LogP contribution < -0.4 is 32.3 Å². The Morgan fingerprint density at radius 2 is 0.922 bits per heavy atom. The van der Waals surface area contributed by atoms with E-state index in [2.05, 4.69) is 26.6 Å². The van der Waals surface area contributed by atoms with Crippen molar-refractivity contribution in [3.05, 3.63) is 23.8 Å². The van der Waals surface area contributed by atoms with E-state index in [9.17, 15) is 81.8 Å². The normalized spacial score (nSPS) is 12.7. The molecule has 1 aromatic rings. The zero-order chi connectivity index (χ0) is 68.3. The highest BCUT2D eigenvalue weighted by Gasteiger charge is 2.30. The minimum absolute atomic E-state index is 0.00696. The van der Waals surface area contributed by atoms with Crippen molar-refractivity contribution in [3.8, 4) is 5.75 Å². The molecule has 1 aromatic carbocycles. The van der Waals surface area contributed by atoms with E-state index in [1.807, 2.05) is 0 Å². The van der Waals surface area contributed by atoms with Crippen LogP contribution in [0.2, 0.25) is 0 Å². The van der Waals surface area contributed by atoms with Crippen molar-refractivity contribution in [3.63, 3.8) is 0 Å². The Hall–Kier alpha value is -7.70. The first kappa shape index (κ1) is 80.3. The fourth-order valence-electron chi connectivity index (χ4n) is 8.61. The molecule has 0 unspecified atom stereocenters. The topological polar surface area (TPSA) is 398 Å². The van der Waals surface area contributed by atoms with E-state index in [0.29, 0.717) is 18.4 Å². The summed E-state index contributed by atoms with van der Waals surface area (Å²) in [7, 11) is 0. The number of unbranched alkanes of at least 4 members (excludes halogenated alkanes) is 1. The van der Waals surface area contributed by atoms with Crippen molar-refractivity contribution in [2.45, 2.75) is 265 Å². The molecule has 0 aromatic heterocycles. The molecule has 0 spiro atoms. The molecule has 25 nitrogen and oxygen atoms in total. The van der Waals surface area contributed by atoms with E-state index >= 15 is 0 Å². The molecule has 0 saturated carbocycles. The van der Waals surface area contributed by atoms with Crippen LogP contribution >= 0.6 is 0 Å². The molecular weight excluding hydrogens is 1170 g/mol. The van der Waals surface area contributed by atoms with Crippen molar-refractivity contribution in [2.24, 2.45) is 11.7 Å². The van der Waals surface area contributed by atoms with Gasteiger partial charge < -0.3 is 51.7 Å². The van der Waals surface area contributed by atoms with Gasteiger partial charge >= 0.3 is 12.1 Å². The lowest BCUT2D eigenvalue weighted by molar-refractivity contribution is -0.155. The number of amides is 5. The second-order valence-electron chi connectivity index (χ2n) is 25.2. The highest BCUT2D eigenvalue weighted by molar-refractivity contribution is 6.01. The summed E-state index contributed by atoms with van der Waals surface area (Å²) in [5, 5.41) is 23.9. The Balaban J connectivity index is 2.42. The highest BCUT2D eigenvalue weighted by Crippen LogP contribution is 2.26. The van der Waals surface area contributed by atoms with Crippen LogP contribution in [0.4, 0.5) is 10.5 Å². The number of nitrogens with one attached hydrogen (secondary N) is 5. The Bertz CT molecular complexity index is 2700. The fraction of sp³-hybridized carbons (Fsp3) is 0.662. The number of ketones is 10. The van der Waals surface area contributed by atoms with Gasteiger partial charge in [-0.05, 0) is 111 Å². The van der Waals surface area contributed by atoms with Crippen LogP contribution in [0.5, 0.6) is 5.75 Å². The minimum Gasteiger partial charge on any atom is -0.506 e. The maximum absolute atomic E-state index is 13.4. The van der Waals surface area contributed by atoms with Crippen LogP contribution in [0.15, 0.2) is 18.2 Å². The quantitative estimate of drug-likeness (QED) is 0.0163. The molecule has 5 amide bonds.